The third-order valence-electron chi connectivity index (χ3n) is 5.75. The summed E-state index contributed by atoms with van der Waals surface area (Å²) in [5.41, 5.74) is 5.92. The number of aliphatic hydroxyl groups excluding tert-OH is 1. The van der Waals surface area contributed by atoms with Gasteiger partial charge in [0.2, 0.25) is 0 Å². The molecule has 3 heteroatoms. The maximum absolute atomic E-state index is 10.7. The smallest absolute Gasteiger partial charge is 0.165 e. The van der Waals surface area contributed by atoms with Gasteiger partial charge in [0, 0.05) is 17.5 Å². The average Bonchev–Trinajstić information content (AvgIpc) is 2.77. The van der Waals surface area contributed by atoms with Gasteiger partial charge in [-0.05, 0) is 47.0 Å². The molecule has 0 radical (unpaired) electrons. The molecule has 0 spiro atoms. The van der Waals surface area contributed by atoms with Gasteiger partial charge in [0.25, 0.3) is 0 Å². The number of ether oxygens (including phenoxy) is 2. The van der Waals surface area contributed by atoms with Gasteiger partial charge >= 0.3 is 0 Å². The normalized spacial score (nSPS) is 21.7. The molecule has 0 fully saturated rings. The summed E-state index contributed by atoms with van der Waals surface area (Å²) in [6, 6.07) is 2.22. The fourth-order valence-corrected chi connectivity index (χ4v) is 4.24. The Bertz CT molecular complexity index is 738. The lowest BCUT2D eigenvalue weighted by molar-refractivity contribution is 0.160. The molecule has 0 heterocycles. The van der Waals surface area contributed by atoms with E-state index in [-0.39, 0.29) is 11.5 Å². The number of methoxy groups -OCH3 is 2. The molecule has 0 saturated carbocycles. The first kappa shape index (κ1) is 18.1. The summed E-state index contributed by atoms with van der Waals surface area (Å²) in [6.45, 7) is 8.87. The molecule has 0 aromatic heterocycles. The van der Waals surface area contributed by atoms with Crippen LogP contribution in [0.3, 0.4) is 0 Å². The van der Waals surface area contributed by atoms with Crippen LogP contribution in [-0.4, -0.2) is 25.4 Å². The zero-order valence-corrected chi connectivity index (χ0v) is 16.3. The molecule has 2 aliphatic carbocycles. The van der Waals surface area contributed by atoms with Gasteiger partial charge in [0.1, 0.15) is 0 Å². The van der Waals surface area contributed by atoms with Gasteiger partial charge < -0.3 is 14.6 Å². The number of hydrogen-bond donors (Lipinski definition) is 1. The largest absolute Gasteiger partial charge is 0.493 e. The third kappa shape index (κ3) is 2.99. The van der Waals surface area contributed by atoms with Crippen molar-refractivity contribution < 1.29 is 14.6 Å². The minimum absolute atomic E-state index is 0.0886. The first-order valence-electron chi connectivity index (χ1n) is 9.17. The Morgan fingerprint density at radius 2 is 1.80 bits per heavy atom. The van der Waals surface area contributed by atoms with Crippen LogP contribution in [0.2, 0.25) is 0 Å². The van der Waals surface area contributed by atoms with Crippen LogP contribution in [0.5, 0.6) is 11.5 Å². The van der Waals surface area contributed by atoms with Crippen LogP contribution in [0.4, 0.5) is 0 Å². The molecule has 0 amide bonds. The molecule has 0 bridgehead atoms. The van der Waals surface area contributed by atoms with Crippen molar-refractivity contribution in [2.45, 2.75) is 59.0 Å². The second-order valence-electron chi connectivity index (χ2n) is 8.14. The average molecular weight is 342 g/mol. The number of hydrogen-bond acceptors (Lipinski definition) is 3. The van der Waals surface area contributed by atoms with Crippen LogP contribution < -0.4 is 9.47 Å². The van der Waals surface area contributed by atoms with Crippen molar-refractivity contribution in [1.29, 1.82) is 0 Å². The highest BCUT2D eigenvalue weighted by molar-refractivity contribution is 5.70. The van der Waals surface area contributed by atoms with E-state index in [4.69, 9.17) is 9.47 Å². The molecule has 1 aromatic carbocycles. The van der Waals surface area contributed by atoms with Crippen LogP contribution in [0.1, 0.15) is 63.1 Å². The van der Waals surface area contributed by atoms with Crippen LogP contribution in [-0.2, 0) is 6.42 Å². The second-order valence-corrected chi connectivity index (χ2v) is 8.14. The molecule has 0 unspecified atom stereocenters. The minimum atomic E-state index is -0.376. The van der Waals surface area contributed by atoms with Crippen molar-refractivity contribution in [1.82, 2.24) is 0 Å². The maximum Gasteiger partial charge on any atom is 0.165 e. The molecular weight excluding hydrogens is 312 g/mol. The standard InChI is InChI=1S/C22H30O3/c1-13(2)15-11-14-7-8-18-17(19(23)9-10-22(18,3)4)12-16(14)21(25-6)20(15)24-5/h7-8,11,13,19,23H,9-10,12H2,1-6H3/t19-/m1/s1. The van der Waals surface area contributed by atoms with E-state index in [1.165, 1.54) is 11.1 Å². The summed E-state index contributed by atoms with van der Waals surface area (Å²) < 4.78 is 11.5. The topological polar surface area (TPSA) is 38.7 Å². The van der Waals surface area contributed by atoms with Crippen molar-refractivity contribution >= 4 is 6.08 Å². The van der Waals surface area contributed by atoms with Crippen LogP contribution in [0.25, 0.3) is 6.08 Å². The Morgan fingerprint density at radius 1 is 1.12 bits per heavy atom. The third-order valence-corrected chi connectivity index (χ3v) is 5.75. The number of rotatable bonds is 3. The fraction of sp³-hybridized carbons (Fsp3) is 0.545. The molecule has 1 aromatic rings. The van der Waals surface area contributed by atoms with Gasteiger partial charge in [-0.3, -0.25) is 0 Å². The Hall–Kier alpha value is -1.74. The zero-order chi connectivity index (χ0) is 18.4. The van der Waals surface area contributed by atoms with E-state index in [9.17, 15) is 5.11 Å². The second kappa shape index (κ2) is 6.53. The molecule has 136 valence electrons. The van der Waals surface area contributed by atoms with E-state index >= 15 is 0 Å². The van der Waals surface area contributed by atoms with Gasteiger partial charge in [-0.1, -0.05) is 39.8 Å². The lowest BCUT2D eigenvalue weighted by Gasteiger charge is -2.36. The number of fused-ring (bicyclic) bond motifs is 1. The van der Waals surface area contributed by atoms with Crippen molar-refractivity contribution in [2.24, 2.45) is 5.41 Å². The summed E-state index contributed by atoms with van der Waals surface area (Å²) in [6.07, 6.45) is 6.55. The molecule has 3 rings (SSSR count). The Kier molecular flexibility index (Phi) is 4.72. The first-order chi connectivity index (χ1) is 11.8. The monoisotopic (exact) mass is 342 g/mol. The highest BCUT2D eigenvalue weighted by Gasteiger charge is 2.35. The minimum Gasteiger partial charge on any atom is -0.493 e. The van der Waals surface area contributed by atoms with Gasteiger partial charge in [-0.2, -0.15) is 0 Å². The quantitative estimate of drug-likeness (QED) is 0.851. The van der Waals surface area contributed by atoms with Gasteiger partial charge in [0.15, 0.2) is 11.5 Å². The fourth-order valence-electron chi connectivity index (χ4n) is 4.24. The van der Waals surface area contributed by atoms with Crippen LogP contribution >= 0.6 is 0 Å². The summed E-state index contributed by atoms with van der Waals surface area (Å²) >= 11 is 0. The number of allylic oxidation sites excluding steroid dienone is 2. The highest BCUT2D eigenvalue weighted by atomic mass is 16.5. The predicted molar refractivity (Wildman–Crippen MR) is 102 cm³/mol. The molecule has 0 saturated heterocycles. The molecule has 0 aliphatic heterocycles. The van der Waals surface area contributed by atoms with Crippen molar-refractivity contribution in [3.8, 4) is 11.5 Å². The maximum atomic E-state index is 10.7. The van der Waals surface area contributed by atoms with Gasteiger partial charge in [0.05, 0.1) is 20.3 Å². The van der Waals surface area contributed by atoms with E-state index in [2.05, 4.69) is 45.9 Å². The SMILES string of the molecule is COc1c(C(C)C)cc2c(c1OC)CC1=C(C=C2)C(C)(C)CC[C@H]1O. The molecule has 1 atom stereocenters. The van der Waals surface area contributed by atoms with E-state index in [1.54, 1.807) is 14.2 Å². The summed E-state index contributed by atoms with van der Waals surface area (Å²) in [7, 11) is 3.40. The number of aliphatic hydroxyl groups is 1. The van der Waals surface area contributed by atoms with Crippen molar-refractivity contribution in [3.05, 3.63) is 40.0 Å². The van der Waals surface area contributed by atoms with Gasteiger partial charge in [-0.15, -0.1) is 0 Å². The van der Waals surface area contributed by atoms with Crippen molar-refractivity contribution in [2.75, 3.05) is 14.2 Å². The lowest BCUT2D eigenvalue weighted by Crippen LogP contribution is -2.29. The first-order valence-corrected chi connectivity index (χ1v) is 9.17. The van der Waals surface area contributed by atoms with Crippen LogP contribution in [0.15, 0.2) is 23.3 Å². The van der Waals surface area contributed by atoms with E-state index < -0.39 is 0 Å². The molecule has 2 aliphatic rings. The molecular formula is C22H30O3. The molecule has 3 nitrogen and oxygen atoms in total. The molecule has 1 N–H and O–H groups in total. The predicted octanol–water partition coefficient (Wildman–Crippen LogP) is 4.87. The Balaban J connectivity index is 2.23. The zero-order valence-electron chi connectivity index (χ0n) is 16.3. The lowest BCUT2D eigenvalue weighted by atomic mass is 9.70. The highest BCUT2D eigenvalue weighted by Crippen LogP contribution is 2.48. The summed E-state index contributed by atoms with van der Waals surface area (Å²) in [4.78, 5) is 0. The van der Waals surface area contributed by atoms with Crippen LogP contribution in [0, 0.1) is 5.41 Å². The number of benzene rings is 1. The van der Waals surface area contributed by atoms with Crippen molar-refractivity contribution in [3.63, 3.8) is 0 Å². The Labute approximate surface area is 151 Å². The summed E-state index contributed by atoms with van der Waals surface area (Å²) in [5.74, 6) is 1.96. The van der Waals surface area contributed by atoms with E-state index in [0.717, 1.165) is 41.0 Å². The van der Waals surface area contributed by atoms with Gasteiger partial charge in [-0.25, -0.2) is 0 Å². The molecule has 25 heavy (non-hydrogen) atoms. The Morgan fingerprint density at radius 3 is 2.40 bits per heavy atom. The summed E-state index contributed by atoms with van der Waals surface area (Å²) in [5, 5.41) is 10.7. The van der Waals surface area contributed by atoms with E-state index in [1.807, 2.05) is 0 Å². The van der Waals surface area contributed by atoms with E-state index in [0.29, 0.717) is 12.3 Å².